The highest BCUT2D eigenvalue weighted by Gasteiger charge is 2.21. The fourth-order valence-corrected chi connectivity index (χ4v) is 3.75. The third-order valence-corrected chi connectivity index (χ3v) is 5.21. The van der Waals surface area contributed by atoms with Crippen molar-refractivity contribution in [3.8, 4) is 11.3 Å². The largest absolute Gasteiger partial charge is 0.376 e. The van der Waals surface area contributed by atoms with Gasteiger partial charge in [-0.2, -0.15) is 0 Å². The van der Waals surface area contributed by atoms with Crippen LogP contribution >= 0.6 is 11.8 Å². The summed E-state index contributed by atoms with van der Waals surface area (Å²) in [4.78, 5) is 22.9. The fraction of sp³-hybridized carbons (Fsp3) is 0.278. The summed E-state index contributed by atoms with van der Waals surface area (Å²) in [6.45, 7) is 1.48. The van der Waals surface area contributed by atoms with Crippen LogP contribution in [-0.4, -0.2) is 37.2 Å². The summed E-state index contributed by atoms with van der Waals surface area (Å²) in [5, 5.41) is 11.9. The Morgan fingerprint density at radius 2 is 1.96 bits per heavy atom. The first-order valence-corrected chi connectivity index (χ1v) is 9.39. The molecule has 1 fully saturated rings. The summed E-state index contributed by atoms with van der Waals surface area (Å²) in [6, 6.07) is 10.0. The van der Waals surface area contributed by atoms with Crippen LogP contribution in [-0.2, 0) is 11.3 Å². The van der Waals surface area contributed by atoms with Gasteiger partial charge < -0.3 is 9.30 Å². The molecule has 4 rings (SSSR count). The molecule has 1 saturated heterocycles. The second-order valence-electron chi connectivity index (χ2n) is 6.12. The van der Waals surface area contributed by atoms with Crippen molar-refractivity contribution in [2.45, 2.75) is 35.8 Å². The summed E-state index contributed by atoms with van der Waals surface area (Å²) in [5.74, 6) is 0. The molecule has 1 atom stereocenters. The molecule has 1 aromatic carbocycles. The van der Waals surface area contributed by atoms with Crippen molar-refractivity contribution in [2.24, 2.45) is 0 Å². The number of hydrogen-bond acceptors (Lipinski definition) is 7. The summed E-state index contributed by atoms with van der Waals surface area (Å²) in [6.07, 6.45) is 6.48. The van der Waals surface area contributed by atoms with Crippen LogP contribution in [0.3, 0.4) is 0 Å². The first-order chi connectivity index (χ1) is 13.2. The van der Waals surface area contributed by atoms with Crippen LogP contribution in [0.5, 0.6) is 0 Å². The van der Waals surface area contributed by atoms with Crippen LogP contribution in [0.1, 0.15) is 12.8 Å². The van der Waals surface area contributed by atoms with E-state index in [0.717, 1.165) is 35.9 Å². The zero-order valence-electron chi connectivity index (χ0n) is 14.4. The third kappa shape index (κ3) is 3.99. The molecule has 2 aromatic heterocycles. The lowest BCUT2D eigenvalue weighted by molar-refractivity contribution is -0.385. The summed E-state index contributed by atoms with van der Waals surface area (Å²) < 4.78 is 7.91. The molecule has 1 aliphatic rings. The van der Waals surface area contributed by atoms with E-state index in [2.05, 4.69) is 19.5 Å². The van der Waals surface area contributed by atoms with Gasteiger partial charge in [0, 0.05) is 6.61 Å². The molecular formula is C18H17N5O3S. The summed E-state index contributed by atoms with van der Waals surface area (Å²) >= 11 is 1.28. The van der Waals surface area contributed by atoms with Gasteiger partial charge in [-0.3, -0.25) is 10.1 Å². The molecule has 0 bridgehead atoms. The zero-order chi connectivity index (χ0) is 18.6. The molecular weight excluding hydrogens is 366 g/mol. The van der Waals surface area contributed by atoms with E-state index in [1.165, 1.54) is 24.2 Å². The van der Waals surface area contributed by atoms with Crippen molar-refractivity contribution >= 4 is 17.4 Å². The number of aromatic nitrogens is 4. The van der Waals surface area contributed by atoms with Gasteiger partial charge >= 0.3 is 5.69 Å². The minimum Gasteiger partial charge on any atom is -0.376 e. The van der Waals surface area contributed by atoms with Gasteiger partial charge in [0.25, 0.3) is 0 Å². The second kappa shape index (κ2) is 7.85. The Morgan fingerprint density at radius 3 is 2.63 bits per heavy atom. The Labute approximate surface area is 159 Å². The maximum atomic E-state index is 10.8. The lowest BCUT2D eigenvalue weighted by Gasteiger charge is -2.15. The van der Waals surface area contributed by atoms with E-state index < -0.39 is 4.92 Å². The van der Waals surface area contributed by atoms with Gasteiger partial charge in [-0.15, -0.1) is 0 Å². The predicted molar refractivity (Wildman–Crippen MR) is 99.4 cm³/mol. The summed E-state index contributed by atoms with van der Waals surface area (Å²) in [7, 11) is 0. The van der Waals surface area contributed by atoms with Gasteiger partial charge in [-0.1, -0.05) is 30.3 Å². The van der Waals surface area contributed by atoms with Gasteiger partial charge in [0.2, 0.25) is 0 Å². The van der Waals surface area contributed by atoms with Crippen LogP contribution in [0.4, 0.5) is 5.69 Å². The lowest BCUT2D eigenvalue weighted by Crippen LogP contribution is -2.16. The molecule has 0 aliphatic carbocycles. The number of ether oxygens (including phenoxy) is 1. The highest BCUT2D eigenvalue weighted by atomic mass is 32.2. The molecule has 1 unspecified atom stereocenters. The van der Waals surface area contributed by atoms with Crippen LogP contribution in [0.25, 0.3) is 11.3 Å². The van der Waals surface area contributed by atoms with Crippen LogP contribution in [0, 0.1) is 10.1 Å². The molecule has 0 radical (unpaired) electrons. The predicted octanol–water partition coefficient (Wildman–Crippen LogP) is 3.58. The second-order valence-corrected chi connectivity index (χ2v) is 7.06. The van der Waals surface area contributed by atoms with E-state index >= 15 is 0 Å². The van der Waals surface area contributed by atoms with Crippen molar-refractivity contribution in [1.29, 1.82) is 0 Å². The fourth-order valence-electron chi connectivity index (χ4n) is 2.99. The first kappa shape index (κ1) is 17.6. The maximum Gasteiger partial charge on any atom is 0.305 e. The number of hydrogen-bond donors (Lipinski definition) is 0. The van der Waals surface area contributed by atoms with Gasteiger partial charge in [-0.25, -0.2) is 15.0 Å². The Kier molecular flexibility index (Phi) is 5.12. The van der Waals surface area contributed by atoms with Crippen molar-refractivity contribution in [2.75, 3.05) is 6.61 Å². The monoisotopic (exact) mass is 383 g/mol. The average molecular weight is 383 g/mol. The van der Waals surface area contributed by atoms with Crippen molar-refractivity contribution in [3.63, 3.8) is 0 Å². The first-order valence-electron chi connectivity index (χ1n) is 8.57. The Balaban J connectivity index is 1.64. The highest BCUT2D eigenvalue weighted by molar-refractivity contribution is 7.99. The standard InChI is InChI=1S/C18H17N5O3S/c24-23(25)14-9-19-17(20-10-14)27-18-21-11-16(13-5-2-1-3-6-13)22(18)12-15-7-4-8-26-15/h1-3,5-6,9-11,15H,4,7-8,12H2. The van der Waals surface area contributed by atoms with Gasteiger partial charge in [0.05, 0.1) is 29.5 Å². The molecule has 0 amide bonds. The summed E-state index contributed by atoms with van der Waals surface area (Å²) in [5.41, 5.74) is 1.93. The van der Waals surface area contributed by atoms with Crippen molar-refractivity contribution in [1.82, 2.24) is 19.5 Å². The SMILES string of the molecule is O=[N+]([O-])c1cnc(Sc2ncc(-c3ccccc3)n2CC2CCCO2)nc1. The topological polar surface area (TPSA) is 96.0 Å². The number of nitrogens with zero attached hydrogens (tertiary/aromatic N) is 5. The van der Waals surface area contributed by atoms with Crippen LogP contribution in [0.2, 0.25) is 0 Å². The maximum absolute atomic E-state index is 10.8. The Morgan fingerprint density at radius 1 is 1.19 bits per heavy atom. The van der Waals surface area contributed by atoms with Gasteiger partial charge in [-0.05, 0) is 30.2 Å². The van der Waals surface area contributed by atoms with E-state index in [-0.39, 0.29) is 11.8 Å². The molecule has 0 N–H and O–H groups in total. The Bertz CT molecular complexity index is 924. The normalized spacial score (nSPS) is 16.5. The average Bonchev–Trinajstić information content (AvgIpc) is 3.34. The van der Waals surface area contributed by atoms with Crippen LogP contribution < -0.4 is 0 Å². The molecule has 3 heterocycles. The van der Waals surface area contributed by atoms with E-state index in [0.29, 0.717) is 11.7 Å². The van der Waals surface area contributed by atoms with Crippen molar-refractivity contribution < 1.29 is 9.66 Å². The van der Waals surface area contributed by atoms with E-state index in [9.17, 15) is 10.1 Å². The molecule has 1 aliphatic heterocycles. The lowest BCUT2D eigenvalue weighted by atomic mass is 10.1. The number of nitro groups is 1. The molecule has 3 aromatic rings. The number of benzene rings is 1. The van der Waals surface area contributed by atoms with E-state index in [1.807, 2.05) is 36.5 Å². The number of imidazole rings is 1. The van der Waals surface area contributed by atoms with Gasteiger partial charge in [0.15, 0.2) is 10.3 Å². The van der Waals surface area contributed by atoms with E-state index in [4.69, 9.17) is 4.74 Å². The molecule has 8 nitrogen and oxygen atoms in total. The molecule has 9 heteroatoms. The smallest absolute Gasteiger partial charge is 0.305 e. The minimum absolute atomic E-state index is 0.132. The Hall–Kier alpha value is -2.78. The molecule has 0 spiro atoms. The molecule has 0 saturated carbocycles. The quantitative estimate of drug-likeness (QED) is 0.365. The molecule has 27 heavy (non-hydrogen) atoms. The van der Waals surface area contributed by atoms with E-state index in [1.54, 1.807) is 0 Å². The third-order valence-electron chi connectivity index (χ3n) is 4.31. The van der Waals surface area contributed by atoms with Crippen LogP contribution in [0.15, 0.2) is 59.2 Å². The minimum atomic E-state index is -0.514. The molecule has 138 valence electrons. The zero-order valence-corrected chi connectivity index (χ0v) is 15.2. The van der Waals surface area contributed by atoms with Gasteiger partial charge in [0.1, 0.15) is 12.4 Å². The van der Waals surface area contributed by atoms with Crippen molar-refractivity contribution in [3.05, 3.63) is 59.0 Å². The number of rotatable bonds is 6. The highest BCUT2D eigenvalue weighted by Crippen LogP contribution is 2.31.